The van der Waals surface area contributed by atoms with Crippen LogP contribution < -0.4 is 5.32 Å². The Kier molecular flexibility index (Phi) is 4.31. The van der Waals surface area contributed by atoms with E-state index in [1.807, 2.05) is 0 Å². The van der Waals surface area contributed by atoms with E-state index < -0.39 is 5.97 Å². The van der Waals surface area contributed by atoms with Gasteiger partial charge in [-0.3, -0.25) is 4.79 Å². The maximum Gasteiger partial charge on any atom is 0.338 e. The summed E-state index contributed by atoms with van der Waals surface area (Å²) in [6.07, 6.45) is 0. The van der Waals surface area contributed by atoms with E-state index in [9.17, 15) is 9.59 Å². The van der Waals surface area contributed by atoms with Crippen molar-refractivity contribution in [2.24, 2.45) is 0 Å². The average Bonchev–Trinajstić information content (AvgIpc) is 2.30. The zero-order valence-corrected chi connectivity index (χ0v) is 9.80. The fraction of sp³-hybridized carbons (Fsp3) is 0.273. The minimum atomic E-state index is -0.431. The third-order valence-electron chi connectivity index (χ3n) is 2.05. The molecule has 1 rings (SSSR count). The van der Waals surface area contributed by atoms with Crippen LogP contribution in [0.5, 0.6) is 0 Å². The molecule has 0 aliphatic rings. The van der Waals surface area contributed by atoms with Crippen molar-refractivity contribution in [1.29, 1.82) is 0 Å². The second-order valence-electron chi connectivity index (χ2n) is 3.20. The van der Waals surface area contributed by atoms with Crippen LogP contribution in [-0.4, -0.2) is 24.9 Å². The van der Waals surface area contributed by atoms with Gasteiger partial charge in [-0.25, -0.2) is 4.79 Å². The number of carbonyl (C=O) groups excluding carboxylic acids is 2. The first kappa shape index (κ1) is 12.5. The maximum atomic E-state index is 11.4. The van der Waals surface area contributed by atoms with Crippen molar-refractivity contribution in [3.05, 3.63) is 29.3 Å². The van der Waals surface area contributed by atoms with Crippen LogP contribution in [0.1, 0.15) is 15.9 Å². The standard InChI is InChI=1S/C11H12ClNO3/c1-7-3-4-8(13-10(14)6-12)5-9(7)11(15)16-2/h3-5H,6H2,1-2H3,(H,13,14). The molecule has 5 heteroatoms. The van der Waals surface area contributed by atoms with Crippen LogP contribution >= 0.6 is 11.6 Å². The number of halogens is 1. The van der Waals surface area contributed by atoms with E-state index in [2.05, 4.69) is 10.1 Å². The van der Waals surface area contributed by atoms with E-state index in [0.717, 1.165) is 5.56 Å². The molecule has 0 bridgehead atoms. The highest BCUT2D eigenvalue weighted by Gasteiger charge is 2.10. The number of methoxy groups -OCH3 is 1. The Morgan fingerprint density at radius 1 is 1.44 bits per heavy atom. The van der Waals surface area contributed by atoms with Crippen LogP contribution in [-0.2, 0) is 9.53 Å². The van der Waals surface area contributed by atoms with Gasteiger partial charge in [0.15, 0.2) is 0 Å². The Morgan fingerprint density at radius 3 is 2.69 bits per heavy atom. The monoisotopic (exact) mass is 241 g/mol. The lowest BCUT2D eigenvalue weighted by Crippen LogP contribution is -2.13. The van der Waals surface area contributed by atoms with Gasteiger partial charge in [0.1, 0.15) is 5.88 Å². The van der Waals surface area contributed by atoms with Gasteiger partial charge in [0.2, 0.25) is 5.91 Å². The second-order valence-corrected chi connectivity index (χ2v) is 3.47. The number of aryl methyl sites for hydroxylation is 1. The molecule has 1 aromatic rings. The van der Waals surface area contributed by atoms with Gasteiger partial charge in [-0.1, -0.05) is 6.07 Å². The molecule has 0 saturated carbocycles. The Labute approximate surface area is 98.5 Å². The van der Waals surface area contributed by atoms with Gasteiger partial charge >= 0.3 is 5.97 Å². The predicted octanol–water partition coefficient (Wildman–Crippen LogP) is 1.96. The van der Waals surface area contributed by atoms with Gasteiger partial charge in [-0.2, -0.15) is 0 Å². The molecule has 0 fully saturated rings. The van der Waals surface area contributed by atoms with Crippen molar-refractivity contribution in [3.63, 3.8) is 0 Å². The van der Waals surface area contributed by atoms with Crippen molar-refractivity contribution in [3.8, 4) is 0 Å². The van der Waals surface area contributed by atoms with E-state index in [-0.39, 0.29) is 11.8 Å². The number of hydrogen-bond donors (Lipinski definition) is 1. The SMILES string of the molecule is COC(=O)c1cc(NC(=O)CCl)ccc1C. The van der Waals surface area contributed by atoms with Crippen molar-refractivity contribution >= 4 is 29.2 Å². The van der Waals surface area contributed by atoms with Crippen molar-refractivity contribution in [1.82, 2.24) is 0 Å². The molecular formula is C11H12ClNO3. The summed E-state index contributed by atoms with van der Waals surface area (Å²) in [6.45, 7) is 1.79. The van der Waals surface area contributed by atoms with Crippen LogP contribution in [0.2, 0.25) is 0 Å². The Bertz CT molecular complexity index is 418. The molecule has 1 N–H and O–H groups in total. The van der Waals surface area contributed by atoms with E-state index in [0.29, 0.717) is 11.3 Å². The smallest absolute Gasteiger partial charge is 0.338 e. The average molecular weight is 242 g/mol. The topological polar surface area (TPSA) is 55.4 Å². The lowest BCUT2D eigenvalue weighted by Gasteiger charge is -2.07. The summed E-state index contributed by atoms with van der Waals surface area (Å²) in [5, 5.41) is 2.56. The molecule has 1 aromatic carbocycles. The van der Waals surface area contributed by atoms with Gasteiger partial charge in [0.25, 0.3) is 0 Å². The van der Waals surface area contributed by atoms with Crippen LogP contribution in [0.15, 0.2) is 18.2 Å². The molecule has 16 heavy (non-hydrogen) atoms. The normalized spacial score (nSPS) is 9.69. The number of nitrogens with one attached hydrogen (secondary N) is 1. The van der Waals surface area contributed by atoms with Crippen molar-refractivity contribution in [2.45, 2.75) is 6.92 Å². The highest BCUT2D eigenvalue weighted by molar-refractivity contribution is 6.29. The first-order valence-corrected chi connectivity index (χ1v) is 5.16. The number of esters is 1. The number of hydrogen-bond acceptors (Lipinski definition) is 3. The lowest BCUT2D eigenvalue weighted by atomic mass is 10.1. The summed E-state index contributed by atoms with van der Waals surface area (Å²) < 4.78 is 4.63. The predicted molar refractivity (Wildman–Crippen MR) is 61.9 cm³/mol. The first-order valence-electron chi connectivity index (χ1n) is 4.63. The van der Waals surface area contributed by atoms with E-state index in [1.54, 1.807) is 25.1 Å². The first-order chi connectivity index (χ1) is 7.58. The van der Waals surface area contributed by atoms with E-state index in [4.69, 9.17) is 11.6 Å². The largest absolute Gasteiger partial charge is 0.465 e. The molecule has 0 aromatic heterocycles. The van der Waals surface area contributed by atoms with Crippen LogP contribution in [0, 0.1) is 6.92 Å². The third kappa shape index (κ3) is 2.97. The van der Waals surface area contributed by atoms with Crippen LogP contribution in [0.25, 0.3) is 0 Å². The number of rotatable bonds is 3. The molecule has 0 unspecified atom stereocenters. The minimum Gasteiger partial charge on any atom is -0.465 e. The molecule has 0 spiro atoms. The quantitative estimate of drug-likeness (QED) is 0.650. The lowest BCUT2D eigenvalue weighted by molar-refractivity contribution is -0.113. The molecule has 4 nitrogen and oxygen atoms in total. The number of carbonyl (C=O) groups is 2. The maximum absolute atomic E-state index is 11.4. The minimum absolute atomic E-state index is 0.124. The molecule has 0 atom stereocenters. The fourth-order valence-corrected chi connectivity index (χ4v) is 1.29. The number of alkyl halides is 1. The molecular weight excluding hydrogens is 230 g/mol. The van der Waals surface area contributed by atoms with Crippen molar-refractivity contribution in [2.75, 3.05) is 18.3 Å². The third-order valence-corrected chi connectivity index (χ3v) is 2.29. The second kappa shape index (κ2) is 5.51. The molecule has 0 aliphatic carbocycles. The Morgan fingerprint density at radius 2 is 2.12 bits per heavy atom. The van der Waals surface area contributed by atoms with E-state index in [1.165, 1.54) is 7.11 Å². The van der Waals surface area contributed by atoms with Gasteiger partial charge in [0, 0.05) is 5.69 Å². The Balaban J connectivity index is 2.98. The summed E-state index contributed by atoms with van der Waals surface area (Å²) in [5.74, 6) is -0.873. The van der Waals surface area contributed by atoms with Gasteiger partial charge in [0.05, 0.1) is 12.7 Å². The van der Waals surface area contributed by atoms with E-state index >= 15 is 0 Å². The zero-order valence-electron chi connectivity index (χ0n) is 9.04. The molecule has 0 aliphatic heterocycles. The molecule has 0 heterocycles. The van der Waals surface area contributed by atoms with Crippen LogP contribution in [0.3, 0.4) is 0 Å². The molecule has 86 valence electrons. The van der Waals surface area contributed by atoms with Gasteiger partial charge < -0.3 is 10.1 Å². The van der Waals surface area contributed by atoms with Gasteiger partial charge in [-0.15, -0.1) is 11.6 Å². The van der Waals surface area contributed by atoms with Gasteiger partial charge in [-0.05, 0) is 24.6 Å². The number of anilines is 1. The number of amides is 1. The summed E-state index contributed by atoms with van der Waals surface area (Å²) >= 11 is 5.36. The highest BCUT2D eigenvalue weighted by Crippen LogP contribution is 2.16. The molecule has 1 amide bonds. The fourth-order valence-electron chi connectivity index (χ4n) is 1.22. The number of ether oxygens (including phenoxy) is 1. The number of benzene rings is 1. The van der Waals surface area contributed by atoms with Crippen molar-refractivity contribution < 1.29 is 14.3 Å². The zero-order chi connectivity index (χ0) is 12.1. The van der Waals surface area contributed by atoms with Crippen LogP contribution in [0.4, 0.5) is 5.69 Å². The summed E-state index contributed by atoms with van der Waals surface area (Å²) in [4.78, 5) is 22.4. The highest BCUT2D eigenvalue weighted by atomic mass is 35.5. The molecule has 0 saturated heterocycles. The summed E-state index contributed by atoms with van der Waals surface area (Å²) in [6, 6.07) is 4.99. The summed E-state index contributed by atoms with van der Waals surface area (Å²) in [5.41, 5.74) is 1.74. The summed E-state index contributed by atoms with van der Waals surface area (Å²) in [7, 11) is 1.31. The molecule has 0 radical (unpaired) electrons. The Hall–Kier alpha value is -1.55.